The van der Waals surface area contributed by atoms with E-state index in [0.29, 0.717) is 11.3 Å². The number of anilines is 1. The fraction of sp³-hybridized carbons (Fsp3) is 0.111. The largest absolute Gasteiger partial charge is 0.444 e. The van der Waals surface area contributed by atoms with E-state index >= 15 is 0 Å². The van der Waals surface area contributed by atoms with Crippen LogP contribution in [0.15, 0.2) is 65.3 Å². The highest BCUT2D eigenvalue weighted by molar-refractivity contribution is 7.91. The number of carbonyl (C=O) groups excluding carboxylic acids is 1. The van der Waals surface area contributed by atoms with Crippen LogP contribution in [0.1, 0.15) is 5.69 Å². The third-order valence-corrected chi connectivity index (χ3v) is 4.86. The minimum absolute atomic E-state index is 0.178. The smallest absolute Gasteiger partial charge is 0.239 e. The van der Waals surface area contributed by atoms with Gasteiger partial charge in [-0.2, -0.15) is 0 Å². The fourth-order valence-electron chi connectivity index (χ4n) is 2.29. The molecule has 1 aromatic heterocycles. The van der Waals surface area contributed by atoms with Gasteiger partial charge < -0.3 is 9.73 Å². The van der Waals surface area contributed by atoms with Crippen molar-refractivity contribution in [3.05, 3.63) is 72.4 Å². The number of aromatic nitrogens is 1. The average Bonchev–Trinajstić information content (AvgIpc) is 3.03. The van der Waals surface area contributed by atoms with E-state index in [-0.39, 0.29) is 11.6 Å². The van der Waals surface area contributed by atoms with Crippen molar-refractivity contribution >= 4 is 21.4 Å². The van der Waals surface area contributed by atoms with E-state index in [9.17, 15) is 17.6 Å². The molecule has 0 aliphatic heterocycles. The molecule has 0 unspecified atom stereocenters. The fourth-order valence-corrected chi connectivity index (χ4v) is 3.45. The van der Waals surface area contributed by atoms with Crippen molar-refractivity contribution in [2.75, 3.05) is 11.1 Å². The van der Waals surface area contributed by atoms with E-state index in [0.717, 1.165) is 0 Å². The lowest BCUT2D eigenvalue weighted by Crippen LogP contribution is -2.24. The first kappa shape index (κ1) is 17.8. The molecule has 2 aromatic carbocycles. The van der Waals surface area contributed by atoms with E-state index in [1.165, 1.54) is 30.5 Å². The molecular weight excluding hydrogens is 359 g/mol. The number of carbonyl (C=O) groups is 1. The Morgan fingerprint density at radius 3 is 2.46 bits per heavy atom. The molecule has 0 aliphatic rings. The number of oxazole rings is 1. The van der Waals surface area contributed by atoms with Crippen LogP contribution in [0.2, 0.25) is 0 Å². The van der Waals surface area contributed by atoms with E-state index < -0.39 is 33.1 Å². The van der Waals surface area contributed by atoms with E-state index in [2.05, 4.69) is 10.3 Å². The minimum atomic E-state index is -3.72. The zero-order chi connectivity index (χ0) is 18.6. The van der Waals surface area contributed by atoms with Crippen LogP contribution in [-0.2, 0) is 20.4 Å². The van der Waals surface area contributed by atoms with Gasteiger partial charge in [-0.15, -0.1) is 0 Å². The van der Waals surface area contributed by atoms with Crippen LogP contribution in [-0.4, -0.2) is 25.1 Å². The number of rotatable bonds is 6. The first-order valence-corrected chi connectivity index (χ1v) is 9.49. The van der Waals surface area contributed by atoms with Crippen molar-refractivity contribution in [2.45, 2.75) is 5.75 Å². The van der Waals surface area contributed by atoms with E-state index in [4.69, 9.17) is 4.42 Å². The molecule has 0 atom stereocenters. The summed E-state index contributed by atoms with van der Waals surface area (Å²) in [7, 11) is -3.72. The number of nitrogens with one attached hydrogen (secondary N) is 1. The Kier molecular flexibility index (Phi) is 5.13. The Morgan fingerprint density at radius 1 is 1.08 bits per heavy atom. The van der Waals surface area contributed by atoms with Gasteiger partial charge in [0.2, 0.25) is 11.8 Å². The maximum Gasteiger partial charge on any atom is 0.239 e. The number of amides is 1. The van der Waals surface area contributed by atoms with Crippen LogP contribution in [0, 0.1) is 5.82 Å². The van der Waals surface area contributed by atoms with E-state index in [1.807, 2.05) is 0 Å². The normalized spacial score (nSPS) is 11.3. The molecular formula is C18H15FN2O4S. The standard InChI is InChI=1S/C18H15FN2O4S/c19-14-8-6-13(7-9-14)18-21-16(10-25-18)11-26(23,24)12-17(22)20-15-4-2-1-3-5-15/h1-10H,11-12H2,(H,20,22). The summed E-state index contributed by atoms with van der Waals surface area (Å²) in [5, 5.41) is 2.52. The van der Waals surface area contributed by atoms with Gasteiger partial charge in [0.15, 0.2) is 9.84 Å². The number of sulfone groups is 1. The number of hydrogen-bond donors (Lipinski definition) is 1. The number of hydrogen-bond acceptors (Lipinski definition) is 5. The molecule has 1 amide bonds. The second kappa shape index (κ2) is 7.49. The molecule has 3 aromatic rings. The van der Waals surface area contributed by atoms with Crippen molar-refractivity contribution in [2.24, 2.45) is 0 Å². The first-order valence-electron chi connectivity index (χ1n) is 7.67. The summed E-state index contributed by atoms with van der Waals surface area (Å²) < 4.78 is 42.6. The van der Waals surface area contributed by atoms with Gasteiger partial charge in [0.05, 0.1) is 11.4 Å². The number of para-hydroxylation sites is 1. The second-order valence-electron chi connectivity index (χ2n) is 5.60. The first-order chi connectivity index (χ1) is 12.4. The van der Waals surface area contributed by atoms with Gasteiger partial charge in [0.25, 0.3) is 0 Å². The molecule has 0 saturated carbocycles. The highest BCUT2D eigenvalue weighted by atomic mass is 32.2. The van der Waals surface area contributed by atoms with Crippen molar-refractivity contribution < 1.29 is 22.0 Å². The van der Waals surface area contributed by atoms with Crippen LogP contribution in [0.25, 0.3) is 11.5 Å². The van der Waals surface area contributed by atoms with Crippen LogP contribution in [0.3, 0.4) is 0 Å². The Morgan fingerprint density at radius 2 is 1.77 bits per heavy atom. The SMILES string of the molecule is O=C(CS(=O)(=O)Cc1coc(-c2ccc(F)cc2)n1)Nc1ccccc1. The maximum atomic E-state index is 12.9. The summed E-state index contributed by atoms with van der Waals surface area (Å²) in [6.07, 6.45) is 1.21. The van der Waals surface area contributed by atoms with Crippen LogP contribution < -0.4 is 5.32 Å². The molecule has 3 rings (SSSR count). The Hall–Kier alpha value is -3.00. The van der Waals surface area contributed by atoms with E-state index in [1.54, 1.807) is 30.3 Å². The molecule has 8 heteroatoms. The van der Waals surface area contributed by atoms with Gasteiger partial charge in [-0.1, -0.05) is 18.2 Å². The average molecular weight is 374 g/mol. The Labute approximate surface area is 149 Å². The van der Waals surface area contributed by atoms with Gasteiger partial charge >= 0.3 is 0 Å². The maximum absolute atomic E-state index is 12.9. The highest BCUT2D eigenvalue weighted by Crippen LogP contribution is 2.20. The molecule has 1 heterocycles. The minimum Gasteiger partial charge on any atom is -0.444 e. The summed E-state index contributed by atoms with van der Waals surface area (Å²) in [5.74, 6) is -1.93. The summed E-state index contributed by atoms with van der Waals surface area (Å²) in [4.78, 5) is 16.0. The molecule has 0 aliphatic carbocycles. The molecule has 134 valence electrons. The van der Waals surface area contributed by atoms with Gasteiger partial charge in [0, 0.05) is 11.3 Å². The number of nitrogens with zero attached hydrogens (tertiary/aromatic N) is 1. The molecule has 26 heavy (non-hydrogen) atoms. The van der Waals surface area contributed by atoms with Gasteiger partial charge in [-0.25, -0.2) is 17.8 Å². The predicted molar refractivity (Wildman–Crippen MR) is 94.5 cm³/mol. The topological polar surface area (TPSA) is 89.3 Å². The van der Waals surface area contributed by atoms with Crippen molar-refractivity contribution in [1.82, 2.24) is 4.98 Å². The summed E-state index contributed by atoms with van der Waals surface area (Å²) >= 11 is 0. The van der Waals surface area contributed by atoms with Crippen LogP contribution in [0.4, 0.5) is 10.1 Å². The lowest BCUT2D eigenvalue weighted by molar-refractivity contribution is -0.113. The highest BCUT2D eigenvalue weighted by Gasteiger charge is 2.20. The molecule has 0 spiro atoms. The van der Waals surface area contributed by atoms with Crippen LogP contribution >= 0.6 is 0 Å². The summed E-state index contributed by atoms with van der Waals surface area (Å²) in [5.41, 5.74) is 1.22. The lowest BCUT2D eigenvalue weighted by Gasteiger charge is -2.05. The van der Waals surface area contributed by atoms with Crippen molar-refractivity contribution in [3.63, 3.8) is 0 Å². The zero-order valence-electron chi connectivity index (χ0n) is 13.6. The third kappa shape index (κ3) is 4.76. The molecule has 0 saturated heterocycles. The van der Waals surface area contributed by atoms with Gasteiger partial charge in [0.1, 0.15) is 17.8 Å². The molecule has 0 fully saturated rings. The zero-order valence-corrected chi connectivity index (χ0v) is 14.4. The second-order valence-corrected chi connectivity index (χ2v) is 7.66. The molecule has 0 radical (unpaired) electrons. The summed E-state index contributed by atoms with van der Waals surface area (Å²) in [6, 6.07) is 14.0. The monoisotopic (exact) mass is 374 g/mol. The van der Waals surface area contributed by atoms with Crippen molar-refractivity contribution in [1.29, 1.82) is 0 Å². The quantitative estimate of drug-likeness (QED) is 0.716. The van der Waals surface area contributed by atoms with Gasteiger partial charge in [-0.3, -0.25) is 4.79 Å². The van der Waals surface area contributed by atoms with Crippen molar-refractivity contribution in [3.8, 4) is 11.5 Å². The predicted octanol–water partition coefficient (Wildman–Crippen LogP) is 3.03. The molecule has 0 bridgehead atoms. The molecule has 1 N–H and O–H groups in total. The Balaban J connectivity index is 1.64. The number of benzene rings is 2. The lowest BCUT2D eigenvalue weighted by atomic mass is 10.2. The third-order valence-electron chi connectivity index (χ3n) is 3.42. The number of halogens is 1. The van der Waals surface area contributed by atoms with Gasteiger partial charge in [-0.05, 0) is 36.4 Å². The molecule has 6 nitrogen and oxygen atoms in total. The summed E-state index contributed by atoms with van der Waals surface area (Å²) in [6.45, 7) is 0. The Bertz CT molecular complexity index is 999. The van der Waals surface area contributed by atoms with Crippen LogP contribution in [0.5, 0.6) is 0 Å².